The monoisotopic (exact) mass is 333 g/mol. The van der Waals surface area contributed by atoms with Crippen LogP contribution >= 0.6 is 15.9 Å². The van der Waals surface area contributed by atoms with Gasteiger partial charge in [-0.15, -0.1) is 0 Å². The van der Waals surface area contributed by atoms with E-state index >= 15 is 0 Å². The number of benzene rings is 1. The second-order valence-corrected chi connectivity index (χ2v) is 7.28. The van der Waals surface area contributed by atoms with Crippen LogP contribution in [0.2, 0.25) is 0 Å². The second kappa shape index (κ2) is 5.28. The van der Waals surface area contributed by atoms with E-state index in [1.165, 1.54) is 0 Å². The maximum absolute atomic E-state index is 12.1. The Hall–Kier alpha value is -0.430. The Morgan fingerprint density at radius 3 is 2.72 bits per heavy atom. The summed E-state index contributed by atoms with van der Waals surface area (Å²) in [6.07, 6.45) is 1.39. The van der Waals surface area contributed by atoms with Crippen LogP contribution in [0.25, 0.3) is 0 Å². The molecule has 6 heteroatoms. The molecule has 0 amide bonds. The first-order valence-corrected chi connectivity index (χ1v) is 8.11. The van der Waals surface area contributed by atoms with Gasteiger partial charge in [0.2, 0.25) is 10.0 Å². The number of aryl methyl sites for hydroxylation is 1. The quantitative estimate of drug-likeness (QED) is 0.863. The van der Waals surface area contributed by atoms with E-state index in [1.807, 2.05) is 6.92 Å². The molecule has 0 bridgehead atoms. The van der Waals surface area contributed by atoms with Gasteiger partial charge in [-0.2, -0.15) is 0 Å². The van der Waals surface area contributed by atoms with Crippen molar-refractivity contribution >= 4 is 26.0 Å². The molecule has 0 heterocycles. The van der Waals surface area contributed by atoms with Gasteiger partial charge in [-0.05, 0) is 59.3 Å². The lowest BCUT2D eigenvalue weighted by Gasteiger charge is -2.12. The Bertz CT molecular complexity index is 540. The van der Waals surface area contributed by atoms with Gasteiger partial charge in [0.05, 0.1) is 11.0 Å². The third-order valence-corrected chi connectivity index (χ3v) is 5.43. The predicted molar refractivity (Wildman–Crippen MR) is 72.8 cm³/mol. The van der Waals surface area contributed by atoms with Crippen molar-refractivity contribution in [2.24, 2.45) is 5.92 Å². The van der Waals surface area contributed by atoms with Crippen molar-refractivity contribution in [3.63, 3.8) is 0 Å². The highest BCUT2D eigenvalue weighted by Gasteiger charge is 2.30. The molecule has 0 radical (unpaired) electrons. The molecule has 1 unspecified atom stereocenters. The molecule has 1 aliphatic rings. The van der Waals surface area contributed by atoms with E-state index < -0.39 is 16.1 Å². The Labute approximate surface area is 116 Å². The topological polar surface area (TPSA) is 66.4 Å². The van der Waals surface area contributed by atoms with Crippen LogP contribution in [0.5, 0.6) is 0 Å². The molecule has 0 saturated heterocycles. The molecular formula is C12H16BrNO3S. The number of nitrogens with one attached hydrogen (secondary N) is 1. The molecule has 0 aliphatic heterocycles. The first-order valence-electron chi connectivity index (χ1n) is 5.84. The maximum atomic E-state index is 12.1. The van der Waals surface area contributed by atoms with E-state index in [4.69, 9.17) is 0 Å². The first-order chi connectivity index (χ1) is 8.40. The van der Waals surface area contributed by atoms with E-state index in [0.29, 0.717) is 4.47 Å². The summed E-state index contributed by atoms with van der Waals surface area (Å²) in [5.41, 5.74) is 0.985. The zero-order chi connectivity index (χ0) is 13.3. The summed E-state index contributed by atoms with van der Waals surface area (Å²) in [5, 5.41) is 9.67. The van der Waals surface area contributed by atoms with Gasteiger partial charge in [0.15, 0.2) is 0 Å². The highest BCUT2D eigenvalue weighted by atomic mass is 79.9. The maximum Gasteiger partial charge on any atom is 0.241 e. The average Bonchev–Trinajstić information content (AvgIpc) is 3.09. The Morgan fingerprint density at radius 2 is 2.17 bits per heavy atom. The lowest BCUT2D eigenvalue weighted by atomic mass is 10.2. The van der Waals surface area contributed by atoms with Crippen LogP contribution in [0, 0.1) is 12.8 Å². The Kier molecular flexibility index (Phi) is 4.11. The van der Waals surface area contributed by atoms with Gasteiger partial charge in [0, 0.05) is 11.0 Å². The van der Waals surface area contributed by atoms with Crippen LogP contribution in [0.1, 0.15) is 18.4 Å². The van der Waals surface area contributed by atoms with Gasteiger partial charge in [-0.1, -0.05) is 6.07 Å². The van der Waals surface area contributed by atoms with Crippen LogP contribution in [-0.4, -0.2) is 26.2 Å². The Morgan fingerprint density at radius 1 is 1.50 bits per heavy atom. The fourth-order valence-corrected chi connectivity index (χ4v) is 3.99. The van der Waals surface area contributed by atoms with Crippen molar-refractivity contribution in [1.82, 2.24) is 4.72 Å². The SMILES string of the molecule is Cc1ccc(S(=O)(=O)NCC(O)C2CC2)c(Br)c1. The van der Waals surface area contributed by atoms with Gasteiger partial charge < -0.3 is 5.11 Å². The summed E-state index contributed by atoms with van der Waals surface area (Å²) in [5.74, 6) is 0.258. The van der Waals surface area contributed by atoms with Crippen LogP contribution in [0.3, 0.4) is 0 Å². The van der Waals surface area contributed by atoms with Crippen LogP contribution in [0.15, 0.2) is 27.6 Å². The molecule has 18 heavy (non-hydrogen) atoms. The lowest BCUT2D eigenvalue weighted by Crippen LogP contribution is -2.33. The highest BCUT2D eigenvalue weighted by molar-refractivity contribution is 9.10. The molecule has 2 rings (SSSR count). The van der Waals surface area contributed by atoms with E-state index in [-0.39, 0.29) is 17.4 Å². The summed E-state index contributed by atoms with van der Waals surface area (Å²) < 4.78 is 27.1. The number of sulfonamides is 1. The number of hydrogen-bond donors (Lipinski definition) is 2. The number of halogens is 1. The molecule has 1 aromatic rings. The zero-order valence-corrected chi connectivity index (χ0v) is 12.5. The lowest BCUT2D eigenvalue weighted by molar-refractivity contribution is 0.155. The minimum atomic E-state index is -3.57. The summed E-state index contributed by atoms with van der Waals surface area (Å²) >= 11 is 3.25. The van der Waals surface area contributed by atoms with Gasteiger partial charge >= 0.3 is 0 Å². The fraction of sp³-hybridized carbons (Fsp3) is 0.500. The number of rotatable bonds is 5. The first kappa shape index (κ1) is 14.0. The minimum Gasteiger partial charge on any atom is -0.391 e. The van der Waals surface area contributed by atoms with Gasteiger partial charge in [-0.3, -0.25) is 0 Å². The van der Waals surface area contributed by atoms with E-state index in [9.17, 15) is 13.5 Å². The molecule has 1 aliphatic carbocycles. The molecule has 0 aromatic heterocycles. The second-order valence-electron chi connectivity index (χ2n) is 4.69. The molecule has 2 N–H and O–H groups in total. The summed E-state index contributed by atoms with van der Waals surface area (Å²) in [6, 6.07) is 5.06. The summed E-state index contributed by atoms with van der Waals surface area (Å²) in [6.45, 7) is 1.97. The average molecular weight is 334 g/mol. The molecule has 0 spiro atoms. The number of aliphatic hydroxyl groups excluding tert-OH is 1. The Balaban J connectivity index is 2.09. The van der Waals surface area contributed by atoms with Crippen molar-refractivity contribution in [1.29, 1.82) is 0 Å². The minimum absolute atomic E-state index is 0.0767. The third kappa shape index (κ3) is 3.32. The van der Waals surface area contributed by atoms with E-state index in [0.717, 1.165) is 18.4 Å². The number of hydrogen-bond acceptors (Lipinski definition) is 3. The standard InChI is InChI=1S/C12H16BrNO3S/c1-8-2-5-12(10(13)6-8)18(16,17)14-7-11(15)9-3-4-9/h2,5-6,9,11,14-15H,3-4,7H2,1H3. The van der Waals surface area contributed by atoms with Crippen molar-refractivity contribution < 1.29 is 13.5 Å². The van der Waals surface area contributed by atoms with Gasteiger partial charge in [0.25, 0.3) is 0 Å². The largest absolute Gasteiger partial charge is 0.391 e. The van der Waals surface area contributed by atoms with Crippen LogP contribution in [0.4, 0.5) is 0 Å². The van der Waals surface area contributed by atoms with Crippen LogP contribution < -0.4 is 4.72 Å². The van der Waals surface area contributed by atoms with Crippen molar-refractivity contribution in [3.05, 3.63) is 28.2 Å². The van der Waals surface area contributed by atoms with Gasteiger partial charge in [-0.25, -0.2) is 13.1 Å². The predicted octanol–water partition coefficient (Wildman–Crippen LogP) is 1.81. The summed E-state index contributed by atoms with van der Waals surface area (Å²) in [4.78, 5) is 0.205. The van der Waals surface area contributed by atoms with Crippen LogP contribution in [-0.2, 0) is 10.0 Å². The molecule has 1 aromatic carbocycles. The summed E-state index contributed by atoms with van der Waals surface area (Å²) in [7, 11) is -3.57. The smallest absolute Gasteiger partial charge is 0.241 e. The normalized spacial score (nSPS) is 17.7. The number of aliphatic hydroxyl groups is 1. The van der Waals surface area contributed by atoms with Gasteiger partial charge in [0.1, 0.15) is 0 Å². The molecule has 100 valence electrons. The third-order valence-electron chi connectivity index (χ3n) is 3.03. The molecule has 1 fully saturated rings. The molecule has 4 nitrogen and oxygen atoms in total. The fourth-order valence-electron chi connectivity index (χ4n) is 1.74. The van der Waals surface area contributed by atoms with Crippen molar-refractivity contribution in [2.75, 3.05) is 6.54 Å². The molecular weight excluding hydrogens is 318 g/mol. The van der Waals surface area contributed by atoms with Crippen molar-refractivity contribution in [3.8, 4) is 0 Å². The molecule has 1 saturated carbocycles. The highest BCUT2D eigenvalue weighted by Crippen LogP contribution is 2.32. The van der Waals surface area contributed by atoms with Crippen molar-refractivity contribution in [2.45, 2.75) is 30.8 Å². The van der Waals surface area contributed by atoms with E-state index in [1.54, 1.807) is 18.2 Å². The molecule has 1 atom stereocenters. The zero-order valence-electron chi connectivity index (χ0n) is 10.1. The van der Waals surface area contributed by atoms with E-state index in [2.05, 4.69) is 20.7 Å².